The SMILES string of the molecule is CCO/N=C(\c1ccc(F)cc1)c1ccco1. The van der Waals surface area contributed by atoms with Crippen molar-refractivity contribution in [2.75, 3.05) is 6.61 Å². The number of furan rings is 1. The number of benzene rings is 1. The van der Waals surface area contributed by atoms with Crippen molar-refractivity contribution in [3.05, 3.63) is 59.8 Å². The predicted molar refractivity (Wildman–Crippen MR) is 62.4 cm³/mol. The van der Waals surface area contributed by atoms with E-state index < -0.39 is 0 Å². The number of hydrogen-bond acceptors (Lipinski definition) is 3. The molecule has 0 aliphatic rings. The van der Waals surface area contributed by atoms with Crippen LogP contribution in [0.4, 0.5) is 4.39 Å². The van der Waals surface area contributed by atoms with Gasteiger partial charge in [0.1, 0.15) is 12.4 Å². The van der Waals surface area contributed by atoms with Gasteiger partial charge in [-0.1, -0.05) is 5.16 Å². The van der Waals surface area contributed by atoms with Gasteiger partial charge in [-0.05, 0) is 43.3 Å². The van der Waals surface area contributed by atoms with Crippen LogP contribution in [0.5, 0.6) is 0 Å². The Morgan fingerprint density at radius 1 is 1.29 bits per heavy atom. The minimum Gasteiger partial charge on any atom is -0.463 e. The summed E-state index contributed by atoms with van der Waals surface area (Å²) in [5.74, 6) is 0.300. The molecule has 2 rings (SSSR count). The summed E-state index contributed by atoms with van der Waals surface area (Å²) in [6.45, 7) is 2.30. The van der Waals surface area contributed by atoms with Gasteiger partial charge in [0.2, 0.25) is 0 Å². The Bertz CT molecular complexity index is 489. The average Bonchev–Trinajstić information content (AvgIpc) is 2.85. The molecule has 0 unspecified atom stereocenters. The Morgan fingerprint density at radius 2 is 2.06 bits per heavy atom. The topological polar surface area (TPSA) is 34.7 Å². The molecule has 0 aliphatic carbocycles. The number of hydrogen-bond donors (Lipinski definition) is 0. The average molecular weight is 233 g/mol. The van der Waals surface area contributed by atoms with Gasteiger partial charge in [0.25, 0.3) is 0 Å². The fourth-order valence-corrected chi connectivity index (χ4v) is 1.39. The lowest BCUT2D eigenvalue weighted by atomic mass is 10.1. The monoisotopic (exact) mass is 233 g/mol. The first kappa shape index (κ1) is 11.4. The second-order valence-electron chi connectivity index (χ2n) is 3.34. The Morgan fingerprint density at radius 3 is 2.65 bits per heavy atom. The van der Waals surface area contributed by atoms with Crippen LogP contribution in [-0.4, -0.2) is 12.3 Å². The van der Waals surface area contributed by atoms with Crippen LogP contribution in [0.25, 0.3) is 0 Å². The third-order valence-corrected chi connectivity index (χ3v) is 2.16. The van der Waals surface area contributed by atoms with Crippen molar-refractivity contribution in [3.8, 4) is 0 Å². The first-order valence-corrected chi connectivity index (χ1v) is 5.31. The number of rotatable bonds is 4. The second kappa shape index (κ2) is 5.30. The van der Waals surface area contributed by atoms with Crippen molar-refractivity contribution in [1.82, 2.24) is 0 Å². The molecular formula is C13H12FNO2. The molecule has 0 fully saturated rings. The van der Waals surface area contributed by atoms with Crippen LogP contribution in [0.15, 0.2) is 52.2 Å². The lowest BCUT2D eigenvalue weighted by Crippen LogP contribution is -2.03. The summed E-state index contributed by atoms with van der Waals surface area (Å²) in [6.07, 6.45) is 1.56. The molecule has 0 aliphatic heterocycles. The molecule has 1 aromatic carbocycles. The number of oxime groups is 1. The fourth-order valence-electron chi connectivity index (χ4n) is 1.39. The highest BCUT2D eigenvalue weighted by atomic mass is 19.1. The molecule has 2 aromatic rings. The van der Waals surface area contributed by atoms with Gasteiger partial charge in [-0.15, -0.1) is 0 Å². The summed E-state index contributed by atoms with van der Waals surface area (Å²) in [5, 5.41) is 3.99. The second-order valence-corrected chi connectivity index (χ2v) is 3.34. The lowest BCUT2D eigenvalue weighted by molar-refractivity contribution is 0.159. The number of nitrogens with zero attached hydrogens (tertiary/aromatic N) is 1. The van der Waals surface area contributed by atoms with Crippen molar-refractivity contribution < 1.29 is 13.6 Å². The van der Waals surface area contributed by atoms with Gasteiger partial charge in [-0.2, -0.15) is 0 Å². The van der Waals surface area contributed by atoms with Gasteiger partial charge in [0.05, 0.1) is 6.26 Å². The molecule has 0 amide bonds. The van der Waals surface area contributed by atoms with E-state index in [1.165, 1.54) is 12.1 Å². The van der Waals surface area contributed by atoms with Crippen molar-refractivity contribution in [3.63, 3.8) is 0 Å². The van der Waals surface area contributed by atoms with Gasteiger partial charge in [-0.3, -0.25) is 0 Å². The highest BCUT2D eigenvalue weighted by Gasteiger charge is 2.10. The molecule has 0 bridgehead atoms. The van der Waals surface area contributed by atoms with Crippen LogP contribution in [0.1, 0.15) is 18.2 Å². The van der Waals surface area contributed by atoms with E-state index in [1.54, 1.807) is 30.5 Å². The zero-order valence-corrected chi connectivity index (χ0v) is 9.39. The highest BCUT2D eigenvalue weighted by molar-refractivity contribution is 6.10. The first-order valence-electron chi connectivity index (χ1n) is 5.31. The molecule has 0 saturated heterocycles. The number of halogens is 1. The summed E-state index contributed by atoms with van der Waals surface area (Å²) in [5.41, 5.74) is 1.30. The van der Waals surface area contributed by atoms with E-state index in [4.69, 9.17) is 9.25 Å². The highest BCUT2D eigenvalue weighted by Crippen LogP contribution is 2.12. The third-order valence-electron chi connectivity index (χ3n) is 2.16. The maximum atomic E-state index is 12.8. The first-order chi connectivity index (χ1) is 8.31. The van der Waals surface area contributed by atoms with E-state index in [9.17, 15) is 4.39 Å². The van der Waals surface area contributed by atoms with Crippen molar-refractivity contribution >= 4 is 5.71 Å². The van der Waals surface area contributed by atoms with Crippen molar-refractivity contribution in [2.45, 2.75) is 6.92 Å². The van der Waals surface area contributed by atoms with E-state index in [0.29, 0.717) is 18.1 Å². The van der Waals surface area contributed by atoms with E-state index in [0.717, 1.165) is 5.56 Å². The zero-order valence-electron chi connectivity index (χ0n) is 9.39. The van der Waals surface area contributed by atoms with Gasteiger partial charge in [0.15, 0.2) is 11.5 Å². The van der Waals surface area contributed by atoms with Crippen LogP contribution in [0, 0.1) is 5.82 Å². The summed E-state index contributed by atoms with van der Waals surface area (Å²) in [4.78, 5) is 5.04. The quantitative estimate of drug-likeness (QED) is 0.600. The molecule has 88 valence electrons. The molecule has 0 atom stereocenters. The van der Waals surface area contributed by atoms with Crippen LogP contribution in [0.2, 0.25) is 0 Å². The Labute approximate surface area is 98.5 Å². The molecule has 17 heavy (non-hydrogen) atoms. The summed E-state index contributed by atoms with van der Waals surface area (Å²) >= 11 is 0. The minimum absolute atomic E-state index is 0.288. The standard InChI is InChI=1S/C13H12FNO2/c1-2-17-15-13(12-4-3-9-16-12)10-5-7-11(14)8-6-10/h3-9H,2H2,1H3/b15-13+. The molecule has 0 radical (unpaired) electrons. The molecular weight excluding hydrogens is 221 g/mol. The van der Waals surface area contributed by atoms with Crippen molar-refractivity contribution in [2.24, 2.45) is 5.16 Å². The Balaban J connectivity index is 2.37. The summed E-state index contributed by atoms with van der Waals surface area (Å²) in [7, 11) is 0. The Hall–Kier alpha value is -2.10. The molecule has 0 saturated carbocycles. The fraction of sp³-hybridized carbons (Fsp3) is 0.154. The van der Waals surface area contributed by atoms with E-state index in [-0.39, 0.29) is 5.82 Å². The van der Waals surface area contributed by atoms with Crippen LogP contribution < -0.4 is 0 Å². The molecule has 4 heteroatoms. The predicted octanol–water partition coefficient (Wildman–Crippen LogP) is 3.21. The van der Waals surface area contributed by atoms with Gasteiger partial charge in [-0.25, -0.2) is 4.39 Å². The van der Waals surface area contributed by atoms with E-state index in [2.05, 4.69) is 5.16 Å². The Kier molecular flexibility index (Phi) is 3.55. The zero-order chi connectivity index (χ0) is 12.1. The summed E-state index contributed by atoms with van der Waals surface area (Å²) in [6, 6.07) is 9.56. The third kappa shape index (κ3) is 2.72. The molecule has 1 aromatic heterocycles. The molecule has 0 N–H and O–H groups in total. The minimum atomic E-state index is -0.288. The maximum Gasteiger partial charge on any atom is 0.156 e. The lowest BCUT2D eigenvalue weighted by Gasteiger charge is -2.03. The van der Waals surface area contributed by atoms with Gasteiger partial charge in [0, 0.05) is 5.56 Å². The van der Waals surface area contributed by atoms with Crippen LogP contribution in [-0.2, 0) is 4.84 Å². The normalized spacial score (nSPS) is 11.5. The van der Waals surface area contributed by atoms with Gasteiger partial charge < -0.3 is 9.25 Å². The molecule has 1 heterocycles. The van der Waals surface area contributed by atoms with Gasteiger partial charge >= 0.3 is 0 Å². The van der Waals surface area contributed by atoms with Crippen molar-refractivity contribution in [1.29, 1.82) is 0 Å². The molecule has 3 nitrogen and oxygen atoms in total. The van der Waals surface area contributed by atoms with E-state index in [1.807, 2.05) is 6.92 Å². The largest absolute Gasteiger partial charge is 0.463 e. The smallest absolute Gasteiger partial charge is 0.156 e. The summed E-state index contributed by atoms with van der Waals surface area (Å²) < 4.78 is 18.1. The maximum absolute atomic E-state index is 12.8. The van der Waals surface area contributed by atoms with Crippen LogP contribution >= 0.6 is 0 Å². The van der Waals surface area contributed by atoms with Crippen LogP contribution in [0.3, 0.4) is 0 Å². The van der Waals surface area contributed by atoms with E-state index >= 15 is 0 Å². The molecule has 0 spiro atoms.